The minimum absolute atomic E-state index is 0.300. The van der Waals surface area contributed by atoms with Crippen molar-refractivity contribution in [1.29, 1.82) is 0 Å². The van der Waals surface area contributed by atoms with E-state index in [1.54, 1.807) is 0 Å². The fraction of sp³-hybridized carbons (Fsp3) is 0.950. The van der Waals surface area contributed by atoms with Crippen LogP contribution in [0.15, 0.2) is 0 Å². The Hall–Kier alpha value is -0.770. The van der Waals surface area contributed by atoms with Crippen molar-refractivity contribution in [3.63, 3.8) is 0 Å². The average molecular weight is 337 g/mol. The van der Waals surface area contributed by atoms with Crippen molar-refractivity contribution < 1.29 is 9.53 Å². The molecule has 138 valence electrons. The lowest BCUT2D eigenvalue weighted by atomic mass is 9.41. The summed E-state index contributed by atoms with van der Waals surface area (Å²) in [6.07, 6.45) is 7.65. The lowest BCUT2D eigenvalue weighted by Crippen LogP contribution is -2.62. The number of carbonyl (C=O) groups is 1. The van der Waals surface area contributed by atoms with Crippen molar-refractivity contribution in [3.05, 3.63) is 0 Å². The van der Waals surface area contributed by atoms with Crippen LogP contribution in [0, 0.1) is 23.7 Å². The van der Waals surface area contributed by atoms with Gasteiger partial charge in [0.25, 0.3) is 0 Å². The van der Waals surface area contributed by atoms with Gasteiger partial charge in [-0.2, -0.15) is 0 Å². The number of hydrogen-bond donors (Lipinski definition) is 1. The molecule has 24 heavy (non-hydrogen) atoms. The van der Waals surface area contributed by atoms with Gasteiger partial charge in [0.1, 0.15) is 5.60 Å². The topological polar surface area (TPSA) is 41.6 Å². The highest BCUT2D eigenvalue weighted by Crippen LogP contribution is 2.65. The van der Waals surface area contributed by atoms with Gasteiger partial charge in [-0.15, -0.1) is 0 Å². The van der Waals surface area contributed by atoms with Crippen molar-refractivity contribution in [2.75, 3.05) is 20.1 Å². The maximum atomic E-state index is 11.6. The summed E-state index contributed by atoms with van der Waals surface area (Å²) in [6.45, 7) is 9.98. The van der Waals surface area contributed by atoms with E-state index in [4.69, 9.17) is 4.74 Å². The third-order valence-corrected chi connectivity index (χ3v) is 6.76. The van der Waals surface area contributed by atoms with Crippen LogP contribution in [0.1, 0.15) is 66.2 Å². The van der Waals surface area contributed by atoms with Crippen molar-refractivity contribution in [2.24, 2.45) is 23.7 Å². The summed E-state index contributed by atoms with van der Waals surface area (Å²) >= 11 is 0. The van der Waals surface area contributed by atoms with Crippen molar-refractivity contribution in [3.8, 4) is 0 Å². The Bertz CT molecular complexity index is 455. The number of amides is 1. The van der Waals surface area contributed by atoms with E-state index in [1.165, 1.54) is 25.7 Å². The normalized spacial score (nSPS) is 37.2. The standard InChI is InChI=1S/C20H36N2O2/c1-19(2,3)24-18(23)21-8-6-7-9-22(5)20(4)12-15-10-14-11-16(13-20)17(14)15/h14-17H,6-13H2,1-5H3,(H,21,23). The molecule has 4 heteroatoms. The first-order valence-corrected chi connectivity index (χ1v) is 9.86. The van der Waals surface area contributed by atoms with E-state index in [1.807, 2.05) is 20.8 Å². The van der Waals surface area contributed by atoms with Crippen LogP contribution in [0.25, 0.3) is 0 Å². The highest BCUT2D eigenvalue weighted by Gasteiger charge is 2.59. The molecule has 0 aromatic heterocycles. The lowest BCUT2D eigenvalue weighted by Gasteiger charge is -2.66. The molecule has 3 aliphatic rings. The van der Waals surface area contributed by atoms with Crippen molar-refractivity contribution >= 4 is 6.09 Å². The second-order valence-corrected chi connectivity index (χ2v) is 9.79. The smallest absolute Gasteiger partial charge is 0.407 e. The molecule has 0 radical (unpaired) electrons. The third-order valence-electron chi connectivity index (χ3n) is 6.76. The van der Waals surface area contributed by atoms with Crippen molar-refractivity contribution in [1.82, 2.24) is 10.2 Å². The zero-order valence-corrected chi connectivity index (χ0v) is 16.2. The average Bonchev–Trinajstić information content (AvgIpc) is 2.40. The molecule has 2 unspecified atom stereocenters. The fourth-order valence-corrected chi connectivity index (χ4v) is 5.48. The third kappa shape index (κ3) is 3.74. The first-order valence-electron chi connectivity index (χ1n) is 9.86. The SMILES string of the molecule is CN(CCCCNC(=O)OC(C)(C)C)C1(C)CC2CC3CC(C1)C32. The van der Waals surface area contributed by atoms with Gasteiger partial charge in [-0.1, -0.05) is 0 Å². The molecule has 0 bridgehead atoms. The van der Waals surface area contributed by atoms with Crippen LogP contribution in [0.2, 0.25) is 0 Å². The van der Waals surface area contributed by atoms with E-state index in [2.05, 4.69) is 24.2 Å². The molecule has 3 rings (SSSR count). The molecule has 0 aromatic rings. The van der Waals surface area contributed by atoms with Crippen LogP contribution in [0.4, 0.5) is 4.79 Å². The molecule has 0 heterocycles. The molecule has 0 aliphatic heterocycles. The summed E-state index contributed by atoms with van der Waals surface area (Å²) in [4.78, 5) is 14.2. The predicted octanol–water partition coefficient (Wildman–Crippen LogP) is 4.05. The Morgan fingerprint density at radius 3 is 2.33 bits per heavy atom. The summed E-state index contributed by atoms with van der Waals surface area (Å²) in [5, 5.41) is 2.86. The molecule has 3 saturated carbocycles. The monoisotopic (exact) mass is 336 g/mol. The molecule has 0 aromatic carbocycles. The van der Waals surface area contributed by atoms with E-state index in [0.717, 1.165) is 43.1 Å². The Morgan fingerprint density at radius 2 is 1.79 bits per heavy atom. The zero-order valence-electron chi connectivity index (χ0n) is 16.2. The number of rotatable bonds is 6. The first-order chi connectivity index (χ1) is 11.2. The lowest BCUT2D eigenvalue weighted by molar-refractivity contribution is -0.163. The fourth-order valence-electron chi connectivity index (χ4n) is 5.48. The maximum Gasteiger partial charge on any atom is 0.407 e. The molecule has 0 spiro atoms. The highest BCUT2D eigenvalue weighted by atomic mass is 16.6. The van der Waals surface area contributed by atoms with Crippen LogP contribution >= 0.6 is 0 Å². The molecule has 1 N–H and O–H groups in total. The van der Waals surface area contributed by atoms with Gasteiger partial charge in [-0.3, -0.25) is 0 Å². The molecule has 3 fully saturated rings. The van der Waals surface area contributed by atoms with Gasteiger partial charge in [0, 0.05) is 12.1 Å². The molecule has 1 amide bonds. The van der Waals surface area contributed by atoms with Gasteiger partial charge in [-0.25, -0.2) is 4.79 Å². The Kier molecular flexibility index (Phi) is 4.89. The Labute approximate surface area is 147 Å². The van der Waals surface area contributed by atoms with E-state index in [-0.39, 0.29) is 6.09 Å². The molecular weight excluding hydrogens is 300 g/mol. The molecule has 3 aliphatic carbocycles. The summed E-state index contributed by atoms with van der Waals surface area (Å²) in [6, 6.07) is 0. The van der Waals surface area contributed by atoms with E-state index < -0.39 is 5.60 Å². The summed E-state index contributed by atoms with van der Waals surface area (Å²) in [5.41, 5.74) is -0.0182. The molecule has 2 atom stereocenters. The van der Waals surface area contributed by atoms with Gasteiger partial charge in [0.05, 0.1) is 0 Å². The maximum absolute atomic E-state index is 11.6. The minimum Gasteiger partial charge on any atom is -0.444 e. The number of unbranched alkanes of at least 4 members (excludes halogenated alkanes) is 1. The predicted molar refractivity (Wildman–Crippen MR) is 96.9 cm³/mol. The van der Waals surface area contributed by atoms with Crippen LogP contribution < -0.4 is 5.32 Å². The van der Waals surface area contributed by atoms with E-state index in [0.29, 0.717) is 12.1 Å². The second kappa shape index (κ2) is 6.51. The van der Waals surface area contributed by atoms with Gasteiger partial charge in [-0.05, 0) is 103 Å². The van der Waals surface area contributed by atoms with Crippen molar-refractivity contribution in [2.45, 2.75) is 77.4 Å². The number of carbonyl (C=O) groups excluding carboxylic acids is 1. The van der Waals surface area contributed by atoms with Crippen LogP contribution in [0.5, 0.6) is 0 Å². The molecule has 0 saturated heterocycles. The number of nitrogens with one attached hydrogen (secondary N) is 1. The summed E-state index contributed by atoms with van der Waals surface area (Å²) < 4.78 is 5.26. The summed E-state index contributed by atoms with van der Waals surface area (Å²) in [7, 11) is 2.30. The molecular formula is C20H36N2O2. The number of ether oxygens (including phenoxy) is 1. The highest BCUT2D eigenvalue weighted by molar-refractivity contribution is 5.67. The number of alkyl carbamates (subject to hydrolysis) is 1. The number of hydrogen-bond acceptors (Lipinski definition) is 3. The Morgan fingerprint density at radius 1 is 1.17 bits per heavy atom. The minimum atomic E-state index is -0.417. The van der Waals surface area contributed by atoms with Gasteiger partial charge in [0.15, 0.2) is 0 Å². The first kappa shape index (κ1) is 18.0. The quantitative estimate of drug-likeness (QED) is 0.744. The van der Waals surface area contributed by atoms with Crippen LogP contribution in [-0.4, -0.2) is 42.3 Å². The molecule has 4 nitrogen and oxygen atoms in total. The van der Waals surface area contributed by atoms with Crippen LogP contribution in [0.3, 0.4) is 0 Å². The zero-order chi connectivity index (χ0) is 17.5. The van der Waals surface area contributed by atoms with Gasteiger partial charge in [0.2, 0.25) is 0 Å². The van der Waals surface area contributed by atoms with E-state index >= 15 is 0 Å². The largest absolute Gasteiger partial charge is 0.444 e. The number of nitrogens with zero attached hydrogens (tertiary/aromatic N) is 1. The van der Waals surface area contributed by atoms with Gasteiger partial charge >= 0.3 is 6.09 Å². The van der Waals surface area contributed by atoms with Gasteiger partial charge < -0.3 is 15.0 Å². The Balaban J connectivity index is 1.32. The van der Waals surface area contributed by atoms with E-state index in [9.17, 15) is 4.79 Å². The summed E-state index contributed by atoms with van der Waals surface area (Å²) in [5.74, 6) is 4.24. The van der Waals surface area contributed by atoms with Crippen LogP contribution in [-0.2, 0) is 4.74 Å². The second-order valence-electron chi connectivity index (χ2n) is 9.79.